The van der Waals surface area contributed by atoms with E-state index in [0.29, 0.717) is 46.6 Å². The van der Waals surface area contributed by atoms with Crippen LogP contribution in [0.2, 0.25) is 5.02 Å². The van der Waals surface area contributed by atoms with Gasteiger partial charge in [-0.05, 0) is 43.2 Å². The zero-order valence-corrected chi connectivity index (χ0v) is 21.6. The second kappa shape index (κ2) is 11.7. The van der Waals surface area contributed by atoms with E-state index in [2.05, 4.69) is 21.9 Å². The summed E-state index contributed by atoms with van der Waals surface area (Å²) in [5, 5.41) is 6.66. The summed E-state index contributed by atoms with van der Waals surface area (Å²) in [7, 11) is 1.54. The highest BCUT2D eigenvalue weighted by Crippen LogP contribution is 2.32. The molecule has 4 rings (SSSR count). The Morgan fingerprint density at radius 3 is 2.86 bits per heavy atom. The maximum Gasteiger partial charge on any atom is 0.275 e. The van der Waals surface area contributed by atoms with E-state index in [1.54, 1.807) is 41.9 Å². The molecular weight excluding hydrogens is 504 g/mol. The number of nitrogens with zero attached hydrogens (tertiary/aromatic N) is 3. The lowest BCUT2D eigenvalue weighted by molar-refractivity contribution is 0.0708. The predicted octanol–water partition coefficient (Wildman–Crippen LogP) is 5.75. The summed E-state index contributed by atoms with van der Waals surface area (Å²) < 4.78 is 5.14. The molecule has 182 valence electrons. The number of piperidine rings is 1. The molecule has 0 spiro atoms. The summed E-state index contributed by atoms with van der Waals surface area (Å²) in [6.45, 7) is 5.01. The van der Waals surface area contributed by atoms with E-state index in [4.69, 9.17) is 16.3 Å². The van der Waals surface area contributed by atoms with Crippen molar-refractivity contribution in [2.24, 2.45) is 0 Å². The number of hydrogen-bond acceptors (Lipinski definition) is 7. The number of rotatable bonds is 8. The topological polar surface area (TPSA) is 84.4 Å². The number of aromatic nitrogens is 2. The Kier molecular flexibility index (Phi) is 8.43. The van der Waals surface area contributed by atoms with Crippen LogP contribution in [0.15, 0.2) is 59.6 Å². The van der Waals surface area contributed by atoms with Gasteiger partial charge in [-0.3, -0.25) is 9.59 Å². The minimum Gasteiger partial charge on any atom is -0.495 e. The highest BCUT2D eigenvalue weighted by molar-refractivity contribution is 7.99. The zero-order valence-electron chi connectivity index (χ0n) is 19.2. The predicted molar refractivity (Wildman–Crippen MR) is 141 cm³/mol. The van der Waals surface area contributed by atoms with E-state index in [0.717, 1.165) is 22.9 Å². The summed E-state index contributed by atoms with van der Waals surface area (Å²) in [6, 6.07) is 8.69. The van der Waals surface area contributed by atoms with Gasteiger partial charge in [-0.15, -0.1) is 29.7 Å². The fourth-order valence-electron chi connectivity index (χ4n) is 3.83. The van der Waals surface area contributed by atoms with Gasteiger partial charge in [-0.1, -0.05) is 17.7 Å². The molecule has 3 heterocycles. The second-order valence-electron chi connectivity index (χ2n) is 7.90. The molecule has 0 aliphatic carbocycles. The summed E-state index contributed by atoms with van der Waals surface area (Å²) in [5.74, 6) is 1.17. The SMILES string of the molecule is C=CCSc1ncccc1C(=O)N1CCC(c2nc(C(=O)Nc3ccc(OC)c(Cl)c3)cs2)CC1. The van der Waals surface area contributed by atoms with Crippen LogP contribution in [0.4, 0.5) is 5.69 Å². The second-order valence-corrected chi connectivity index (χ2v) is 10.2. The Labute approximate surface area is 217 Å². The van der Waals surface area contributed by atoms with Crippen LogP contribution in [-0.2, 0) is 0 Å². The average Bonchev–Trinajstić information content (AvgIpc) is 3.38. The lowest BCUT2D eigenvalue weighted by Gasteiger charge is -2.31. The molecule has 0 unspecified atom stereocenters. The van der Waals surface area contributed by atoms with E-state index in [-0.39, 0.29) is 17.7 Å². The fraction of sp³-hybridized carbons (Fsp3) is 0.280. The summed E-state index contributed by atoms with van der Waals surface area (Å²) in [6.07, 6.45) is 5.09. The number of carbonyl (C=O) groups is 2. The van der Waals surface area contributed by atoms with Gasteiger partial charge in [0.15, 0.2) is 0 Å². The van der Waals surface area contributed by atoms with Crippen LogP contribution in [0.25, 0.3) is 0 Å². The number of amides is 2. The van der Waals surface area contributed by atoms with Gasteiger partial charge in [0.05, 0.1) is 22.7 Å². The monoisotopic (exact) mass is 528 g/mol. The van der Waals surface area contributed by atoms with Crippen molar-refractivity contribution < 1.29 is 14.3 Å². The third kappa shape index (κ3) is 6.04. The number of ether oxygens (including phenoxy) is 1. The first-order chi connectivity index (χ1) is 17.0. The third-order valence-corrected chi connectivity index (χ3v) is 7.94. The molecule has 3 aromatic rings. The smallest absolute Gasteiger partial charge is 0.275 e. The highest BCUT2D eigenvalue weighted by atomic mass is 35.5. The van der Waals surface area contributed by atoms with Crippen LogP contribution in [0, 0.1) is 0 Å². The summed E-state index contributed by atoms with van der Waals surface area (Å²) in [5.41, 5.74) is 1.57. The van der Waals surface area contributed by atoms with Crippen molar-refractivity contribution >= 4 is 52.2 Å². The van der Waals surface area contributed by atoms with Crippen LogP contribution < -0.4 is 10.1 Å². The van der Waals surface area contributed by atoms with Gasteiger partial charge in [0, 0.05) is 42.0 Å². The number of thiazole rings is 1. The number of likely N-dealkylation sites (tertiary alicyclic amines) is 1. The molecule has 0 saturated carbocycles. The van der Waals surface area contributed by atoms with Gasteiger partial charge in [0.2, 0.25) is 0 Å². The summed E-state index contributed by atoms with van der Waals surface area (Å²) in [4.78, 5) is 36.6. The van der Waals surface area contributed by atoms with Crippen molar-refractivity contribution in [2.75, 3.05) is 31.3 Å². The molecule has 1 saturated heterocycles. The van der Waals surface area contributed by atoms with Crippen molar-refractivity contribution in [2.45, 2.75) is 23.8 Å². The average molecular weight is 529 g/mol. The van der Waals surface area contributed by atoms with Crippen LogP contribution in [0.3, 0.4) is 0 Å². The Morgan fingerprint density at radius 2 is 2.14 bits per heavy atom. The van der Waals surface area contributed by atoms with Crippen LogP contribution in [0.5, 0.6) is 5.75 Å². The first-order valence-electron chi connectivity index (χ1n) is 11.1. The molecule has 0 atom stereocenters. The molecule has 35 heavy (non-hydrogen) atoms. The minimum atomic E-state index is -0.289. The number of pyridine rings is 1. The first-order valence-corrected chi connectivity index (χ1v) is 13.3. The Morgan fingerprint density at radius 1 is 1.34 bits per heavy atom. The molecular formula is C25H25ClN4O3S2. The van der Waals surface area contributed by atoms with Crippen molar-refractivity contribution in [3.63, 3.8) is 0 Å². The molecule has 1 aromatic carbocycles. The van der Waals surface area contributed by atoms with Gasteiger partial charge in [0.1, 0.15) is 16.5 Å². The van der Waals surface area contributed by atoms with E-state index in [9.17, 15) is 9.59 Å². The Bertz CT molecular complexity index is 1220. The van der Waals surface area contributed by atoms with Crippen molar-refractivity contribution in [1.82, 2.24) is 14.9 Å². The molecule has 1 fully saturated rings. The molecule has 2 aromatic heterocycles. The Hall–Kier alpha value is -2.88. The molecule has 0 radical (unpaired) electrons. The largest absolute Gasteiger partial charge is 0.495 e. The standard InChI is InChI=1S/C25H25ClN4O3S2/c1-3-13-34-24-18(5-4-10-27-24)25(32)30-11-8-16(9-12-30)23-29-20(15-35-23)22(31)28-17-6-7-21(33-2)19(26)14-17/h3-7,10,14-16H,1,8-9,11-13H2,2H3,(H,28,31). The lowest BCUT2D eigenvalue weighted by Crippen LogP contribution is -2.38. The zero-order chi connectivity index (χ0) is 24.8. The maximum absolute atomic E-state index is 13.1. The molecule has 7 nitrogen and oxygen atoms in total. The maximum atomic E-state index is 13.1. The molecule has 0 bridgehead atoms. The molecule has 10 heteroatoms. The van der Waals surface area contributed by atoms with Crippen molar-refractivity contribution in [3.05, 3.63) is 75.9 Å². The summed E-state index contributed by atoms with van der Waals surface area (Å²) >= 11 is 9.13. The van der Waals surface area contributed by atoms with Crippen molar-refractivity contribution in [3.8, 4) is 5.75 Å². The van der Waals surface area contributed by atoms with Gasteiger partial charge in [-0.2, -0.15) is 0 Å². The number of hydrogen-bond donors (Lipinski definition) is 1. The molecule has 1 N–H and O–H groups in total. The van der Waals surface area contributed by atoms with Gasteiger partial charge in [-0.25, -0.2) is 9.97 Å². The lowest BCUT2D eigenvalue weighted by atomic mass is 9.97. The third-order valence-electron chi connectivity index (χ3n) is 5.64. The number of halogens is 1. The van der Waals surface area contributed by atoms with Crippen LogP contribution in [0.1, 0.15) is 44.6 Å². The number of carbonyl (C=O) groups excluding carboxylic acids is 2. The molecule has 1 aliphatic heterocycles. The van der Waals surface area contributed by atoms with Gasteiger partial charge in [0.25, 0.3) is 11.8 Å². The van der Waals surface area contributed by atoms with Crippen LogP contribution in [-0.4, -0.2) is 52.6 Å². The van der Waals surface area contributed by atoms with Gasteiger partial charge < -0.3 is 15.0 Å². The Balaban J connectivity index is 1.35. The minimum absolute atomic E-state index is 0.000435. The van der Waals surface area contributed by atoms with E-state index in [1.807, 2.05) is 11.0 Å². The number of thioether (sulfide) groups is 1. The van der Waals surface area contributed by atoms with Crippen molar-refractivity contribution in [1.29, 1.82) is 0 Å². The molecule has 1 aliphatic rings. The van der Waals surface area contributed by atoms with E-state index in [1.165, 1.54) is 30.2 Å². The van der Waals surface area contributed by atoms with E-state index >= 15 is 0 Å². The normalized spacial score (nSPS) is 13.9. The number of methoxy groups -OCH3 is 1. The molecule has 2 amide bonds. The first kappa shape index (κ1) is 25.2. The highest BCUT2D eigenvalue weighted by Gasteiger charge is 2.28. The fourth-order valence-corrected chi connectivity index (χ4v) is 5.78. The van der Waals surface area contributed by atoms with E-state index < -0.39 is 0 Å². The number of anilines is 1. The van der Waals surface area contributed by atoms with Gasteiger partial charge >= 0.3 is 0 Å². The number of benzene rings is 1. The number of nitrogens with one attached hydrogen (secondary N) is 1. The quantitative estimate of drug-likeness (QED) is 0.296. The van der Waals surface area contributed by atoms with Crippen LogP contribution >= 0.6 is 34.7 Å².